The first-order valence-electron chi connectivity index (χ1n) is 6.72. The number of carbonyl (C=O) groups excluding carboxylic acids is 1. The second-order valence-corrected chi connectivity index (χ2v) is 5.06. The van der Waals surface area contributed by atoms with Crippen LogP contribution in [0.1, 0.15) is 10.4 Å². The molecule has 3 rings (SSSR count). The molecule has 1 amide bonds. The summed E-state index contributed by atoms with van der Waals surface area (Å²) in [5, 5.41) is 10.9. The number of amides is 1. The smallest absolute Gasteiger partial charge is 0.260 e. The normalized spacial score (nSPS) is 10.3. The van der Waals surface area contributed by atoms with Crippen molar-refractivity contribution in [2.45, 2.75) is 0 Å². The van der Waals surface area contributed by atoms with E-state index in [1.54, 1.807) is 48.5 Å². The van der Waals surface area contributed by atoms with Crippen molar-refractivity contribution in [3.8, 4) is 17.0 Å². The summed E-state index contributed by atoms with van der Waals surface area (Å²) in [6.45, 7) is 0. The van der Waals surface area contributed by atoms with Gasteiger partial charge in [0, 0.05) is 10.6 Å². The highest BCUT2D eigenvalue weighted by Crippen LogP contribution is 2.27. The lowest BCUT2D eigenvalue weighted by molar-refractivity contribution is 0.102. The number of hydrogen-bond donors (Lipinski definition) is 1. The van der Waals surface area contributed by atoms with Crippen LogP contribution >= 0.6 is 11.6 Å². The molecule has 0 bridgehead atoms. The van der Waals surface area contributed by atoms with Crippen molar-refractivity contribution in [2.24, 2.45) is 0 Å². The number of para-hydroxylation sites is 1. The average Bonchev–Trinajstić information content (AvgIpc) is 3.03. The molecule has 116 valence electrons. The van der Waals surface area contributed by atoms with Crippen LogP contribution in [0.25, 0.3) is 11.3 Å². The average molecular weight is 330 g/mol. The number of rotatable bonds is 4. The zero-order valence-corrected chi connectivity index (χ0v) is 12.9. The van der Waals surface area contributed by atoms with Crippen molar-refractivity contribution < 1.29 is 14.2 Å². The molecule has 23 heavy (non-hydrogen) atoms. The van der Waals surface area contributed by atoms with Gasteiger partial charge in [-0.1, -0.05) is 35.9 Å². The molecule has 0 aliphatic rings. The molecule has 0 saturated carbocycles. The van der Waals surface area contributed by atoms with Crippen LogP contribution in [0.5, 0.6) is 5.75 Å². The highest BCUT2D eigenvalue weighted by atomic mass is 35.5. The second kappa shape index (κ2) is 6.50. The lowest BCUT2D eigenvalue weighted by atomic mass is 10.1. The van der Waals surface area contributed by atoms with Crippen molar-refractivity contribution in [3.05, 3.63) is 59.1 Å². The summed E-state index contributed by atoms with van der Waals surface area (Å²) in [6, 6.07) is 13.9. The Morgan fingerprint density at radius 1 is 1.13 bits per heavy atom. The first kappa shape index (κ1) is 15.1. The van der Waals surface area contributed by atoms with Crippen molar-refractivity contribution in [1.82, 2.24) is 10.3 Å². The molecule has 1 heterocycles. The van der Waals surface area contributed by atoms with Crippen LogP contribution in [0.2, 0.25) is 5.02 Å². The molecular weight excluding hydrogens is 318 g/mol. The molecule has 7 heteroatoms. The number of nitrogens with one attached hydrogen (secondary N) is 1. The van der Waals surface area contributed by atoms with Crippen molar-refractivity contribution >= 4 is 23.3 Å². The van der Waals surface area contributed by atoms with E-state index in [-0.39, 0.29) is 11.7 Å². The van der Waals surface area contributed by atoms with Gasteiger partial charge < -0.3 is 10.1 Å². The monoisotopic (exact) mass is 329 g/mol. The van der Waals surface area contributed by atoms with E-state index in [2.05, 4.69) is 15.6 Å². The Bertz CT molecular complexity index is 831. The Morgan fingerprint density at radius 2 is 1.87 bits per heavy atom. The van der Waals surface area contributed by atoms with Crippen LogP contribution in [0, 0.1) is 0 Å². The summed E-state index contributed by atoms with van der Waals surface area (Å²) >= 11 is 5.87. The number of methoxy groups -OCH3 is 1. The molecule has 0 atom stereocenters. The van der Waals surface area contributed by atoms with Gasteiger partial charge in [0.15, 0.2) is 5.69 Å². The Morgan fingerprint density at radius 3 is 2.61 bits per heavy atom. The number of aromatic nitrogens is 2. The van der Waals surface area contributed by atoms with Gasteiger partial charge in [-0.2, -0.15) is 0 Å². The van der Waals surface area contributed by atoms with Crippen LogP contribution in [-0.4, -0.2) is 23.3 Å². The minimum Gasteiger partial charge on any atom is -0.496 e. The standard InChI is InChI=1S/C16H12ClN3O3/c1-22-13-5-3-2-4-12(13)16(21)18-15-14(19-23-20-15)10-6-8-11(17)9-7-10/h2-9H,1H3,(H,18,20,21). The quantitative estimate of drug-likeness (QED) is 0.790. The summed E-state index contributed by atoms with van der Waals surface area (Å²) < 4.78 is 9.92. The predicted octanol–water partition coefficient (Wildman–Crippen LogP) is 3.65. The summed E-state index contributed by atoms with van der Waals surface area (Å²) in [5.41, 5.74) is 1.54. The van der Waals surface area contributed by atoms with Crippen molar-refractivity contribution in [3.63, 3.8) is 0 Å². The van der Waals surface area contributed by atoms with Gasteiger partial charge in [0.2, 0.25) is 5.82 Å². The number of nitrogens with zero attached hydrogens (tertiary/aromatic N) is 2. The van der Waals surface area contributed by atoms with E-state index in [4.69, 9.17) is 21.0 Å². The molecule has 0 saturated heterocycles. The number of ether oxygens (including phenoxy) is 1. The van der Waals surface area contributed by atoms with E-state index in [9.17, 15) is 4.79 Å². The van der Waals surface area contributed by atoms with Crippen LogP contribution in [0.15, 0.2) is 53.2 Å². The van der Waals surface area contributed by atoms with E-state index < -0.39 is 0 Å². The van der Waals surface area contributed by atoms with Crippen LogP contribution in [0.4, 0.5) is 5.82 Å². The zero-order chi connectivity index (χ0) is 16.2. The van der Waals surface area contributed by atoms with Crippen LogP contribution in [0.3, 0.4) is 0 Å². The lowest BCUT2D eigenvalue weighted by Crippen LogP contribution is -2.14. The van der Waals surface area contributed by atoms with Gasteiger partial charge in [-0.25, -0.2) is 4.63 Å². The minimum absolute atomic E-state index is 0.225. The molecule has 0 aliphatic heterocycles. The number of anilines is 1. The number of benzene rings is 2. The number of halogens is 1. The molecule has 2 aromatic carbocycles. The molecule has 0 unspecified atom stereocenters. The van der Waals surface area contributed by atoms with E-state index in [1.807, 2.05) is 0 Å². The fraction of sp³-hybridized carbons (Fsp3) is 0.0625. The number of hydrogen-bond acceptors (Lipinski definition) is 5. The van der Waals surface area contributed by atoms with Gasteiger partial charge in [0.05, 0.1) is 12.7 Å². The maximum atomic E-state index is 12.4. The van der Waals surface area contributed by atoms with Crippen molar-refractivity contribution in [2.75, 3.05) is 12.4 Å². The van der Waals surface area contributed by atoms with Crippen molar-refractivity contribution in [1.29, 1.82) is 0 Å². The Balaban J connectivity index is 1.88. The first-order chi connectivity index (χ1) is 11.2. The van der Waals surface area contributed by atoms with E-state index >= 15 is 0 Å². The molecule has 0 spiro atoms. The molecule has 0 aliphatic carbocycles. The third-order valence-corrected chi connectivity index (χ3v) is 3.44. The number of carbonyl (C=O) groups is 1. The molecule has 6 nitrogen and oxygen atoms in total. The van der Waals surface area contributed by atoms with Gasteiger partial charge in [0.1, 0.15) is 5.75 Å². The third kappa shape index (κ3) is 3.17. The molecule has 3 aromatic rings. The van der Waals surface area contributed by atoms with Crippen LogP contribution in [-0.2, 0) is 0 Å². The Labute approximate surface area is 137 Å². The summed E-state index contributed by atoms with van der Waals surface area (Å²) in [7, 11) is 1.50. The minimum atomic E-state index is -0.367. The molecule has 1 N–H and O–H groups in total. The molecular formula is C16H12ClN3O3. The van der Waals surface area contributed by atoms with Gasteiger partial charge in [-0.05, 0) is 34.6 Å². The van der Waals surface area contributed by atoms with E-state index in [1.165, 1.54) is 7.11 Å². The van der Waals surface area contributed by atoms with Gasteiger partial charge >= 0.3 is 0 Å². The first-order valence-corrected chi connectivity index (χ1v) is 7.09. The Hall–Kier alpha value is -2.86. The fourth-order valence-corrected chi connectivity index (χ4v) is 2.20. The highest BCUT2D eigenvalue weighted by molar-refractivity contribution is 6.30. The molecule has 0 fully saturated rings. The largest absolute Gasteiger partial charge is 0.496 e. The topological polar surface area (TPSA) is 77.2 Å². The maximum absolute atomic E-state index is 12.4. The summed E-state index contributed by atoms with van der Waals surface area (Å²) in [5.74, 6) is 0.325. The van der Waals surface area contributed by atoms with Gasteiger partial charge in [-0.3, -0.25) is 4.79 Å². The SMILES string of the molecule is COc1ccccc1C(=O)Nc1nonc1-c1ccc(Cl)cc1. The second-order valence-electron chi connectivity index (χ2n) is 4.62. The molecule has 1 aromatic heterocycles. The summed E-state index contributed by atoms with van der Waals surface area (Å²) in [4.78, 5) is 12.4. The third-order valence-electron chi connectivity index (χ3n) is 3.19. The Kier molecular flexibility index (Phi) is 4.25. The predicted molar refractivity (Wildman–Crippen MR) is 85.7 cm³/mol. The van der Waals surface area contributed by atoms with Crippen LogP contribution < -0.4 is 10.1 Å². The lowest BCUT2D eigenvalue weighted by Gasteiger charge is -2.07. The fourth-order valence-electron chi connectivity index (χ4n) is 2.07. The van der Waals surface area contributed by atoms with E-state index in [0.29, 0.717) is 22.0 Å². The summed E-state index contributed by atoms with van der Waals surface area (Å²) in [6.07, 6.45) is 0. The maximum Gasteiger partial charge on any atom is 0.260 e. The van der Waals surface area contributed by atoms with E-state index in [0.717, 1.165) is 5.56 Å². The highest BCUT2D eigenvalue weighted by Gasteiger charge is 2.18. The van der Waals surface area contributed by atoms with Gasteiger partial charge in [0.25, 0.3) is 5.91 Å². The zero-order valence-electron chi connectivity index (χ0n) is 12.1. The molecule has 0 radical (unpaired) electrons. The van der Waals surface area contributed by atoms with Gasteiger partial charge in [-0.15, -0.1) is 0 Å².